The number of methoxy groups -OCH3 is 1. The fourth-order valence-corrected chi connectivity index (χ4v) is 4.39. The molecule has 2 heterocycles. The van der Waals surface area contributed by atoms with Crippen molar-refractivity contribution in [3.8, 4) is 10.6 Å². The summed E-state index contributed by atoms with van der Waals surface area (Å²) in [5, 5.41) is 4.89. The van der Waals surface area contributed by atoms with E-state index in [1.807, 2.05) is 24.3 Å². The van der Waals surface area contributed by atoms with Crippen molar-refractivity contribution in [3.63, 3.8) is 0 Å². The van der Waals surface area contributed by atoms with E-state index in [1.54, 1.807) is 29.8 Å². The number of nitrogens with zero attached hydrogens (tertiary/aromatic N) is 2. The summed E-state index contributed by atoms with van der Waals surface area (Å²) < 4.78 is 7.57. The zero-order chi connectivity index (χ0) is 16.2. The minimum atomic E-state index is 0.185. The molecule has 0 aliphatic carbocycles. The Balaban J connectivity index is 2.16. The Morgan fingerprint density at radius 3 is 2.74 bits per heavy atom. The van der Waals surface area contributed by atoms with Crippen molar-refractivity contribution in [2.45, 2.75) is 13.0 Å². The van der Waals surface area contributed by atoms with Crippen molar-refractivity contribution in [2.24, 2.45) is 4.99 Å². The van der Waals surface area contributed by atoms with E-state index < -0.39 is 0 Å². The molecular formula is C17H17ClN2OS2. The third-order valence-corrected chi connectivity index (χ3v) is 5.48. The van der Waals surface area contributed by atoms with E-state index >= 15 is 0 Å². The van der Waals surface area contributed by atoms with Gasteiger partial charge in [-0.25, -0.2) is 4.99 Å². The number of benzene rings is 1. The van der Waals surface area contributed by atoms with Gasteiger partial charge < -0.3 is 9.30 Å². The van der Waals surface area contributed by atoms with Gasteiger partial charge in [-0.3, -0.25) is 0 Å². The Morgan fingerprint density at radius 2 is 2.04 bits per heavy atom. The number of rotatable bonds is 5. The van der Waals surface area contributed by atoms with Crippen LogP contribution < -0.4 is 4.80 Å². The number of aromatic nitrogens is 1. The molecule has 0 aliphatic heterocycles. The van der Waals surface area contributed by atoms with Crippen molar-refractivity contribution in [3.05, 3.63) is 57.0 Å². The van der Waals surface area contributed by atoms with Crippen LogP contribution in [0.2, 0.25) is 5.02 Å². The highest BCUT2D eigenvalue weighted by molar-refractivity contribution is 7.14. The summed E-state index contributed by atoms with van der Waals surface area (Å²) in [7, 11) is 1.72. The van der Waals surface area contributed by atoms with E-state index in [2.05, 4.69) is 34.4 Å². The van der Waals surface area contributed by atoms with Crippen LogP contribution in [-0.4, -0.2) is 18.3 Å². The molecule has 23 heavy (non-hydrogen) atoms. The van der Waals surface area contributed by atoms with E-state index in [0.29, 0.717) is 11.6 Å². The molecule has 3 rings (SSSR count). The van der Waals surface area contributed by atoms with Crippen LogP contribution in [0.1, 0.15) is 13.0 Å². The van der Waals surface area contributed by atoms with E-state index in [0.717, 1.165) is 10.5 Å². The summed E-state index contributed by atoms with van der Waals surface area (Å²) in [6.07, 6.45) is 0. The molecule has 0 N–H and O–H groups in total. The quantitative estimate of drug-likeness (QED) is 0.597. The Bertz CT molecular complexity index is 836. The predicted molar refractivity (Wildman–Crippen MR) is 98.9 cm³/mol. The largest absolute Gasteiger partial charge is 0.383 e. The fourth-order valence-electron chi connectivity index (χ4n) is 2.39. The Labute approximate surface area is 148 Å². The van der Waals surface area contributed by atoms with Gasteiger partial charge in [-0.15, -0.1) is 22.7 Å². The topological polar surface area (TPSA) is 26.5 Å². The molecule has 0 fully saturated rings. The first-order valence-electron chi connectivity index (χ1n) is 7.23. The first-order valence-corrected chi connectivity index (χ1v) is 9.36. The van der Waals surface area contributed by atoms with Gasteiger partial charge >= 0.3 is 0 Å². The average Bonchev–Trinajstić information content (AvgIpc) is 3.19. The Hall–Kier alpha value is -1.40. The van der Waals surface area contributed by atoms with Gasteiger partial charge in [0, 0.05) is 12.5 Å². The monoisotopic (exact) mass is 364 g/mol. The molecular weight excluding hydrogens is 348 g/mol. The van der Waals surface area contributed by atoms with Crippen molar-refractivity contribution >= 4 is 40.0 Å². The number of halogens is 1. The number of ether oxygens (including phenoxy) is 1. The summed E-state index contributed by atoms with van der Waals surface area (Å²) in [5.41, 5.74) is 1.95. The van der Waals surface area contributed by atoms with Crippen LogP contribution in [0, 0.1) is 0 Å². The standard InChI is InChI=1S/C17H17ClN2OS2/c1-12(10-21-2)20-15(16-8-5-9-22-16)11-23-17(20)19-14-7-4-3-6-13(14)18/h3-9,11-12H,10H2,1-2H3. The SMILES string of the molecule is COCC(C)n1c(-c2cccs2)csc1=Nc1ccccc1Cl. The second-order valence-electron chi connectivity index (χ2n) is 5.12. The Morgan fingerprint density at radius 1 is 1.22 bits per heavy atom. The highest BCUT2D eigenvalue weighted by atomic mass is 35.5. The predicted octanol–water partition coefficient (Wildman–Crippen LogP) is 5.37. The number of hydrogen-bond donors (Lipinski definition) is 0. The number of hydrogen-bond acceptors (Lipinski definition) is 4. The maximum absolute atomic E-state index is 6.25. The molecule has 3 nitrogen and oxygen atoms in total. The van der Waals surface area contributed by atoms with Gasteiger partial charge in [0.2, 0.25) is 0 Å². The second kappa shape index (κ2) is 7.45. The van der Waals surface area contributed by atoms with Gasteiger partial charge in [0.1, 0.15) is 0 Å². The van der Waals surface area contributed by atoms with Crippen LogP contribution in [0.25, 0.3) is 10.6 Å². The van der Waals surface area contributed by atoms with Crippen LogP contribution in [0.3, 0.4) is 0 Å². The highest BCUT2D eigenvalue weighted by Crippen LogP contribution is 2.29. The Kier molecular flexibility index (Phi) is 5.33. The molecule has 0 bridgehead atoms. The number of para-hydroxylation sites is 1. The number of thiazole rings is 1. The maximum Gasteiger partial charge on any atom is 0.190 e. The van der Waals surface area contributed by atoms with Crippen LogP contribution in [0.5, 0.6) is 0 Å². The first-order chi connectivity index (χ1) is 11.2. The fraction of sp³-hybridized carbons (Fsp3) is 0.235. The second-order valence-corrected chi connectivity index (χ2v) is 7.31. The molecule has 3 aromatic rings. The van der Waals surface area contributed by atoms with Gasteiger partial charge in [0.25, 0.3) is 0 Å². The van der Waals surface area contributed by atoms with E-state index in [-0.39, 0.29) is 6.04 Å². The van der Waals surface area contributed by atoms with E-state index in [1.165, 1.54) is 10.6 Å². The summed E-state index contributed by atoms with van der Waals surface area (Å²) in [6, 6.07) is 12.0. The van der Waals surface area contributed by atoms with Crippen LogP contribution in [0.4, 0.5) is 5.69 Å². The minimum Gasteiger partial charge on any atom is -0.383 e. The van der Waals surface area contributed by atoms with Crippen molar-refractivity contribution < 1.29 is 4.74 Å². The van der Waals surface area contributed by atoms with Crippen LogP contribution >= 0.6 is 34.3 Å². The molecule has 0 aliphatic rings. The highest BCUT2D eigenvalue weighted by Gasteiger charge is 2.15. The summed E-state index contributed by atoms with van der Waals surface area (Å²) >= 11 is 9.60. The van der Waals surface area contributed by atoms with Crippen LogP contribution in [0.15, 0.2) is 52.2 Å². The van der Waals surface area contributed by atoms with Gasteiger partial charge in [0.05, 0.1) is 33.9 Å². The van der Waals surface area contributed by atoms with Gasteiger partial charge in [-0.1, -0.05) is 29.8 Å². The van der Waals surface area contributed by atoms with Gasteiger partial charge in [-0.05, 0) is 30.5 Å². The lowest BCUT2D eigenvalue weighted by atomic mass is 10.3. The zero-order valence-corrected chi connectivity index (χ0v) is 15.3. The molecule has 1 aromatic carbocycles. The lowest BCUT2D eigenvalue weighted by molar-refractivity contribution is 0.162. The average molecular weight is 365 g/mol. The molecule has 6 heteroatoms. The number of thiophene rings is 1. The van der Waals surface area contributed by atoms with Crippen molar-refractivity contribution in [2.75, 3.05) is 13.7 Å². The molecule has 0 amide bonds. The van der Waals surface area contributed by atoms with Gasteiger partial charge in [0.15, 0.2) is 4.80 Å². The molecule has 0 spiro atoms. The smallest absolute Gasteiger partial charge is 0.190 e. The first kappa shape index (κ1) is 16.5. The third kappa shape index (κ3) is 3.58. The summed E-state index contributed by atoms with van der Waals surface area (Å²) in [5.74, 6) is 0. The molecule has 0 saturated heterocycles. The zero-order valence-electron chi connectivity index (χ0n) is 12.9. The van der Waals surface area contributed by atoms with Crippen LogP contribution in [-0.2, 0) is 4.74 Å². The normalized spacial score (nSPS) is 13.4. The molecule has 2 aromatic heterocycles. The molecule has 1 atom stereocenters. The van der Waals surface area contributed by atoms with E-state index in [9.17, 15) is 0 Å². The van der Waals surface area contributed by atoms with E-state index in [4.69, 9.17) is 21.3 Å². The van der Waals surface area contributed by atoms with Crippen molar-refractivity contribution in [1.29, 1.82) is 0 Å². The molecule has 120 valence electrons. The van der Waals surface area contributed by atoms with Gasteiger partial charge in [-0.2, -0.15) is 0 Å². The maximum atomic E-state index is 6.25. The minimum absolute atomic E-state index is 0.185. The summed E-state index contributed by atoms with van der Waals surface area (Å²) in [6.45, 7) is 2.77. The van der Waals surface area contributed by atoms with Crippen molar-refractivity contribution in [1.82, 2.24) is 4.57 Å². The molecule has 0 radical (unpaired) electrons. The lowest BCUT2D eigenvalue weighted by Gasteiger charge is -2.15. The molecule has 0 saturated carbocycles. The summed E-state index contributed by atoms with van der Waals surface area (Å²) in [4.78, 5) is 6.92. The molecule has 1 unspecified atom stereocenters. The third-order valence-electron chi connectivity index (χ3n) is 3.43. The lowest BCUT2D eigenvalue weighted by Crippen LogP contribution is -2.22.